The number of aliphatic hydroxyl groups is 2. The number of rotatable bonds is 7. The number of aliphatic hydroxyl groups excluding tert-OH is 2. The molecule has 0 aliphatic carbocycles. The fraction of sp³-hybridized carbons (Fsp3) is 0.750. The highest BCUT2D eigenvalue weighted by atomic mass is 16.6. The van der Waals surface area contributed by atoms with Gasteiger partial charge in [0.05, 0.1) is 12.2 Å². The van der Waals surface area contributed by atoms with E-state index in [9.17, 15) is 9.90 Å². The Morgan fingerprint density at radius 3 is 2.56 bits per heavy atom. The standard InChI is InChI=1S/C12H20O4/c1-9(13)5-3-2-4-6-10(14)11-7-8-12(15)16-11/h7-11,13-14H,2-6H2,1H3/t9-,10+,11-/m0/s1. The van der Waals surface area contributed by atoms with Gasteiger partial charge >= 0.3 is 5.97 Å². The summed E-state index contributed by atoms with van der Waals surface area (Å²) in [5.41, 5.74) is 0. The van der Waals surface area contributed by atoms with Crippen LogP contribution < -0.4 is 0 Å². The van der Waals surface area contributed by atoms with Gasteiger partial charge in [0.15, 0.2) is 0 Å². The zero-order valence-corrected chi connectivity index (χ0v) is 9.63. The number of ether oxygens (including phenoxy) is 1. The molecule has 0 unspecified atom stereocenters. The monoisotopic (exact) mass is 228 g/mol. The van der Waals surface area contributed by atoms with Gasteiger partial charge in [-0.3, -0.25) is 0 Å². The minimum absolute atomic E-state index is 0.247. The third-order valence-corrected chi connectivity index (χ3v) is 2.68. The molecule has 16 heavy (non-hydrogen) atoms. The molecule has 0 aromatic carbocycles. The lowest BCUT2D eigenvalue weighted by molar-refractivity contribution is -0.142. The molecule has 0 radical (unpaired) electrons. The molecule has 0 fully saturated rings. The van der Waals surface area contributed by atoms with Crippen molar-refractivity contribution in [3.05, 3.63) is 12.2 Å². The van der Waals surface area contributed by atoms with Crippen molar-refractivity contribution in [2.45, 2.75) is 57.3 Å². The predicted octanol–water partition coefficient (Wildman–Crippen LogP) is 1.16. The summed E-state index contributed by atoms with van der Waals surface area (Å²) in [7, 11) is 0. The van der Waals surface area contributed by atoms with Crippen LogP contribution in [-0.2, 0) is 9.53 Å². The van der Waals surface area contributed by atoms with Crippen LogP contribution in [0.2, 0.25) is 0 Å². The van der Waals surface area contributed by atoms with Gasteiger partial charge in [-0.15, -0.1) is 0 Å². The van der Waals surface area contributed by atoms with E-state index in [0.29, 0.717) is 6.42 Å². The summed E-state index contributed by atoms with van der Waals surface area (Å²) >= 11 is 0. The second kappa shape index (κ2) is 6.66. The fourth-order valence-electron chi connectivity index (χ4n) is 1.73. The first-order valence-corrected chi connectivity index (χ1v) is 5.84. The molecule has 0 aromatic rings. The summed E-state index contributed by atoms with van der Waals surface area (Å²) < 4.78 is 4.88. The van der Waals surface area contributed by atoms with Crippen molar-refractivity contribution in [3.8, 4) is 0 Å². The van der Waals surface area contributed by atoms with Crippen LogP contribution in [0.5, 0.6) is 0 Å². The minimum Gasteiger partial charge on any atom is -0.452 e. The number of esters is 1. The lowest BCUT2D eigenvalue weighted by Crippen LogP contribution is -2.25. The molecule has 0 bridgehead atoms. The van der Waals surface area contributed by atoms with Crippen LogP contribution in [0.25, 0.3) is 0 Å². The van der Waals surface area contributed by atoms with Crippen molar-refractivity contribution in [1.29, 1.82) is 0 Å². The molecule has 1 aliphatic rings. The molecule has 0 amide bonds. The summed E-state index contributed by atoms with van der Waals surface area (Å²) in [6, 6.07) is 0. The second-order valence-corrected chi connectivity index (χ2v) is 4.31. The molecule has 0 saturated carbocycles. The van der Waals surface area contributed by atoms with Gasteiger partial charge in [-0.05, 0) is 25.8 Å². The molecular weight excluding hydrogens is 208 g/mol. The summed E-state index contributed by atoms with van der Waals surface area (Å²) in [6.07, 6.45) is 5.88. The van der Waals surface area contributed by atoms with Gasteiger partial charge in [0.1, 0.15) is 6.10 Å². The van der Waals surface area contributed by atoms with Crippen molar-refractivity contribution in [2.24, 2.45) is 0 Å². The van der Waals surface area contributed by atoms with E-state index in [1.807, 2.05) is 0 Å². The fourth-order valence-corrected chi connectivity index (χ4v) is 1.73. The van der Waals surface area contributed by atoms with E-state index in [1.165, 1.54) is 6.08 Å². The van der Waals surface area contributed by atoms with Crippen LogP contribution >= 0.6 is 0 Å². The highest BCUT2D eigenvalue weighted by molar-refractivity contribution is 5.84. The molecule has 92 valence electrons. The average molecular weight is 228 g/mol. The first-order chi connectivity index (χ1) is 7.59. The molecule has 1 heterocycles. The zero-order chi connectivity index (χ0) is 12.0. The van der Waals surface area contributed by atoms with Crippen LogP contribution in [-0.4, -0.2) is 34.5 Å². The van der Waals surface area contributed by atoms with E-state index < -0.39 is 12.2 Å². The zero-order valence-electron chi connectivity index (χ0n) is 9.63. The second-order valence-electron chi connectivity index (χ2n) is 4.31. The maximum atomic E-state index is 10.8. The lowest BCUT2D eigenvalue weighted by Gasteiger charge is -2.15. The van der Waals surface area contributed by atoms with E-state index in [4.69, 9.17) is 9.84 Å². The number of carbonyl (C=O) groups excluding carboxylic acids is 1. The predicted molar refractivity (Wildman–Crippen MR) is 59.8 cm³/mol. The third kappa shape index (κ3) is 4.77. The summed E-state index contributed by atoms with van der Waals surface area (Å²) in [5, 5.41) is 18.7. The van der Waals surface area contributed by atoms with Crippen LogP contribution in [0.3, 0.4) is 0 Å². The normalized spacial score (nSPS) is 23.2. The first-order valence-electron chi connectivity index (χ1n) is 5.84. The van der Waals surface area contributed by atoms with Gasteiger partial charge < -0.3 is 14.9 Å². The molecule has 0 spiro atoms. The maximum Gasteiger partial charge on any atom is 0.331 e. The molecular formula is C12H20O4. The van der Waals surface area contributed by atoms with E-state index >= 15 is 0 Å². The Hall–Kier alpha value is -0.870. The van der Waals surface area contributed by atoms with E-state index in [-0.39, 0.29) is 12.1 Å². The molecule has 4 heteroatoms. The van der Waals surface area contributed by atoms with E-state index in [1.54, 1.807) is 13.0 Å². The Morgan fingerprint density at radius 2 is 2.00 bits per heavy atom. The molecule has 2 N–H and O–H groups in total. The minimum atomic E-state index is -0.603. The smallest absolute Gasteiger partial charge is 0.331 e. The van der Waals surface area contributed by atoms with Crippen LogP contribution in [0.1, 0.15) is 39.0 Å². The lowest BCUT2D eigenvalue weighted by atomic mass is 10.0. The summed E-state index contributed by atoms with van der Waals surface area (Å²) in [6.45, 7) is 1.78. The highest BCUT2D eigenvalue weighted by Crippen LogP contribution is 2.15. The number of hydrogen-bond acceptors (Lipinski definition) is 4. The van der Waals surface area contributed by atoms with Gasteiger partial charge in [0.25, 0.3) is 0 Å². The van der Waals surface area contributed by atoms with Crippen LogP contribution in [0.4, 0.5) is 0 Å². The van der Waals surface area contributed by atoms with E-state index in [0.717, 1.165) is 25.7 Å². The molecule has 0 aromatic heterocycles. The number of carbonyl (C=O) groups is 1. The SMILES string of the molecule is C[C@H](O)CCCCC[C@@H](O)[C@@H]1C=CC(=O)O1. The van der Waals surface area contributed by atoms with Crippen molar-refractivity contribution in [1.82, 2.24) is 0 Å². The van der Waals surface area contributed by atoms with Crippen molar-refractivity contribution >= 4 is 5.97 Å². The van der Waals surface area contributed by atoms with Gasteiger partial charge in [-0.25, -0.2) is 4.79 Å². The molecule has 1 rings (SSSR count). The topological polar surface area (TPSA) is 66.8 Å². The molecule has 0 saturated heterocycles. The summed E-state index contributed by atoms with van der Waals surface area (Å²) in [4.78, 5) is 10.8. The maximum absolute atomic E-state index is 10.8. The van der Waals surface area contributed by atoms with Crippen LogP contribution in [0.15, 0.2) is 12.2 Å². The van der Waals surface area contributed by atoms with Crippen molar-refractivity contribution in [3.63, 3.8) is 0 Å². The van der Waals surface area contributed by atoms with Gasteiger partial charge in [0, 0.05) is 6.08 Å². The Labute approximate surface area is 95.9 Å². The number of unbranched alkanes of at least 4 members (excludes halogenated alkanes) is 2. The number of hydrogen-bond donors (Lipinski definition) is 2. The Morgan fingerprint density at radius 1 is 1.31 bits per heavy atom. The highest BCUT2D eigenvalue weighted by Gasteiger charge is 2.23. The first kappa shape index (κ1) is 13.2. The van der Waals surface area contributed by atoms with Gasteiger partial charge in [0.2, 0.25) is 0 Å². The van der Waals surface area contributed by atoms with Crippen molar-refractivity contribution in [2.75, 3.05) is 0 Å². The number of cyclic esters (lactones) is 1. The molecule has 1 aliphatic heterocycles. The largest absolute Gasteiger partial charge is 0.452 e. The Bertz CT molecular complexity index is 247. The summed E-state index contributed by atoms with van der Waals surface area (Å²) in [5.74, 6) is -0.377. The Kier molecular flexibility index (Phi) is 5.49. The quantitative estimate of drug-likeness (QED) is 0.507. The van der Waals surface area contributed by atoms with Crippen LogP contribution in [0, 0.1) is 0 Å². The van der Waals surface area contributed by atoms with E-state index in [2.05, 4.69) is 0 Å². The Balaban J connectivity index is 2.04. The third-order valence-electron chi connectivity index (χ3n) is 2.68. The average Bonchev–Trinajstić information content (AvgIpc) is 2.63. The van der Waals surface area contributed by atoms with Crippen molar-refractivity contribution < 1.29 is 19.7 Å². The van der Waals surface area contributed by atoms with Gasteiger partial charge in [-0.1, -0.05) is 19.3 Å². The van der Waals surface area contributed by atoms with Gasteiger partial charge in [-0.2, -0.15) is 0 Å². The molecule has 4 nitrogen and oxygen atoms in total. The molecule has 3 atom stereocenters.